The monoisotopic (exact) mass is 281 g/mol. The summed E-state index contributed by atoms with van der Waals surface area (Å²) >= 11 is 0. The lowest BCUT2D eigenvalue weighted by molar-refractivity contribution is 0.0945. The van der Waals surface area contributed by atoms with Crippen molar-refractivity contribution in [3.8, 4) is 0 Å². The van der Waals surface area contributed by atoms with Crippen molar-refractivity contribution in [2.24, 2.45) is 10.9 Å². The zero-order valence-corrected chi connectivity index (χ0v) is 11.3. The number of aliphatic hydroxyl groups is 1. The van der Waals surface area contributed by atoms with Gasteiger partial charge in [0, 0.05) is 24.7 Å². The summed E-state index contributed by atoms with van der Waals surface area (Å²) in [6.07, 6.45) is 3.42. The predicted octanol–water partition coefficient (Wildman–Crippen LogP) is 1.27. The van der Waals surface area contributed by atoms with Crippen LogP contribution in [0.4, 0.5) is 4.39 Å². The van der Waals surface area contributed by atoms with Gasteiger partial charge in [-0.25, -0.2) is 4.39 Å². The number of nitrogens with two attached hydrogens (primary N) is 1. The maximum atomic E-state index is 13.3. The molecule has 0 bridgehead atoms. The van der Waals surface area contributed by atoms with E-state index in [2.05, 4.69) is 10.1 Å². The molecule has 0 unspecified atom stereocenters. The van der Waals surface area contributed by atoms with Crippen molar-refractivity contribution in [3.63, 3.8) is 0 Å². The first kappa shape index (κ1) is 14.7. The van der Waals surface area contributed by atoms with E-state index in [0.717, 1.165) is 18.4 Å². The van der Waals surface area contributed by atoms with Crippen molar-refractivity contribution in [1.82, 2.24) is 4.90 Å². The van der Waals surface area contributed by atoms with Gasteiger partial charge < -0.3 is 16.0 Å². The highest BCUT2D eigenvalue weighted by molar-refractivity contribution is 5.98. The van der Waals surface area contributed by atoms with Gasteiger partial charge in [-0.05, 0) is 30.5 Å². The quantitative estimate of drug-likeness (QED) is 0.317. The van der Waals surface area contributed by atoms with Crippen molar-refractivity contribution in [2.45, 2.75) is 31.8 Å². The number of oxime groups is 1. The first-order valence-electron chi connectivity index (χ1n) is 6.77. The molecular formula is C14H20FN3O2. The highest BCUT2D eigenvalue weighted by Crippen LogP contribution is 2.26. The van der Waals surface area contributed by atoms with E-state index in [4.69, 9.17) is 16.0 Å². The van der Waals surface area contributed by atoms with E-state index in [1.165, 1.54) is 18.6 Å². The number of hydrogen-bond donors (Lipinski definition) is 3. The van der Waals surface area contributed by atoms with Crippen LogP contribution in [0.2, 0.25) is 0 Å². The minimum Gasteiger partial charge on any atom is -0.409 e. The van der Waals surface area contributed by atoms with Gasteiger partial charge in [0.25, 0.3) is 0 Å². The van der Waals surface area contributed by atoms with Crippen LogP contribution >= 0.6 is 0 Å². The lowest BCUT2D eigenvalue weighted by atomic mass is 9.91. The molecule has 1 aliphatic rings. The Bertz CT molecular complexity index is 489. The third-order valence-corrected chi connectivity index (χ3v) is 3.81. The summed E-state index contributed by atoms with van der Waals surface area (Å²) < 4.78 is 13.3. The molecular weight excluding hydrogens is 261 g/mol. The average Bonchev–Trinajstić information content (AvgIpc) is 2.38. The van der Waals surface area contributed by atoms with E-state index in [0.29, 0.717) is 24.7 Å². The molecule has 110 valence electrons. The second-order valence-electron chi connectivity index (χ2n) is 5.07. The first-order chi connectivity index (χ1) is 9.65. The third kappa shape index (κ3) is 3.26. The summed E-state index contributed by atoms with van der Waals surface area (Å²) in [6, 6.07) is 4.72. The zero-order valence-electron chi connectivity index (χ0n) is 11.3. The molecule has 20 heavy (non-hydrogen) atoms. The molecule has 0 atom stereocenters. The molecule has 0 aliphatic heterocycles. The summed E-state index contributed by atoms with van der Waals surface area (Å²) in [7, 11) is 0. The SMILES string of the molecule is N/C(=N/O)c1cc(F)ccc1CN(CCO)C1CCC1. The number of aliphatic hydroxyl groups excluding tert-OH is 1. The van der Waals surface area contributed by atoms with Crippen LogP contribution in [0, 0.1) is 5.82 Å². The molecule has 5 nitrogen and oxygen atoms in total. The van der Waals surface area contributed by atoms with Gasteiger partial charge in [0.05, 0.1) is 6.61 Å². The number of hydrogen-bond acceptors (Lipinski definition) is 4. The van der Waals surface area contributed by atoms with E-state index < -0.39 is 5.82 Å². The Hall–Kier alpha value is -1.66. The van der Waals surface area contributed by atoms with Crippen LogP contribution in [-0.2, 0) is 6.54 Å². The van der Waals surface area contributed by atoms with Crippen molar-refractivity contribution in [1.29, 1.82) is 0 Å². The zero-order chi connectivity index (χ0) is 14.5. The molecule has 0 amide bonds. The van der Waals surface area contributed by atoms with Crippen LogP contribution in [0.3, 0.4) is 0 Å². The molecule has 1 saturated carbocycles. The van der Waals surface area contributed by atoms with Crippen LogP contribution in [0.5, 0.6) is 0 Å². The van der Waals surface area contributed by atoms with Crippen molar-refractivity contribution in [3.05, 3.63) is 35.1 Å². The van der Waals surface area contributed by atoms with Crippen molar-refractivity contribution >= 4 is 5.84 Å². The van der Waals surface area contributed by atoms with Gasteiger partial charge in [0.1, 0.15) is 5.82 Å². The predicted molar refractivity (Wildman–Crippen MR) is 74.0 cm³/mol. The molecule has 0 radical (unpaired) electrons. The Morgan fingerprint density at radius 1 is 1.45 bits per heavy atom. The van der Waals surface area contributed by atoms with E-state index >= 15 is 0 Å². The Balaban J connectivity index is 2.22. The fraction of sp³-hybridized carbons (Fsp3) is 0.500. The Morgan fingerprint density at radius 2 is 2.20 bits per heavy atom. The molecule has 1 aromatic rings. The van der Waals surface area contributed by atoms with Gasteiger partial charge in [-0.15, -0.1) is 0 Å². The van der Waals surface area contributed by atoms with Crippen LogP contribution in [0.15, 0.2) is 23.4 Å². The summed E-state index contributed by atoms with van der Waals surface area (Å²) in [4.78, 5) is 2.16. The largest absolute Gasteiger partial charge is 0.409 e. The molecule has 0 heterocycles. The summed E-state index contributed by atoms with van der Waals surface area (Å²) in [5, 5.41) is 20.9. The normalized spacial score (nSPS) is 16.4. The van der Waals surface area contributed by atoms with Crippen LogP contribution in [-0.4, -0.2) is 40.2 Å². The lowest BCUT2D eigenvalue weighted by Crippen LogP contribution is -2.41. The molecule has 4 N–H and O–H groups in total. The molecule has 6 heteroatoms. The summed E-state index contributed by atoms with van der Waals surface area (Å²) in [5.74, 6) is -0.523. The first-order valence-corrected chi connectivity index (χ1v) is 6.77. The highest BCUT2D eigenvalue weighted by Gasteiger charge is 2.25. The molecule has 0 aromatic heterocycles. The number of rotatable bonds is 6. The number of nitrogens with zero attached hydrogens (tertiary/aromatic N) is 2. The van der Waals surface area contributed by atoms with Crippen LogP contribution in [0.25, 0.3) is 0 Å². The lowest BCUT2D eigenvalue weighted by Gasteiger charge is -2.37. The molecule has 1 aliphatic carbocycles. The number of amidine groups is 1. The van der Waals surface area contributed by atoms with E-state index in [1.807, 2.05) is 0 Å². The van der Waals surface area contributed by atoms with Gasteiger partial charge >= 0.3 is 0 Å². The smallest absolute Gasteiger partial charge is 0.170 e. The Labute approximate surface area is 117 Å². The van der Waals surface area contributed by atoms with Gasteiger partial charge in [-0.1, -0.05) is 17.6 Å². The fourth-order valence-corrected chi connectivity index (χ4v) is 2.47. The van der Waals surface area contributed by atoms with Crippen LogP contribution < -0.4 is 5.73 Å². The third-order valence-electron chi connectivity index (χ3n) is 3.81. The Morgan fingerprint density at radius 3 is 2.75 bits per heavy atom. The number of benzene rings is 1. The Kier molecular flexibility index (Phi) is 4.92. The van der Waals surface area contributed by atoms with E-state index in [9.17, 15) is 4.39 Å². The highest BCUT2D eigenvalue weighted by atomic mass is 19.1. The molecule has 1 aromatic carbocycles. The summed E-state index contributed by atoms with van der Waals surface area (Å²) in [5.41, 5.74) is 6.79. The molecule has 0 spiro atoms. The maximum Gasteiger partial charge on any atom is 0.170 e. The standard InChI is InChI=1S/C14H20FN3O2/c15-11-5-4-10(13(8-11)14(16)17-20)9-18(6-7-19)12-2-1-3-12/h4-5,8,12,19-20H,1-3,6-7,9H2,(H2,16,17). The fourth-order valence-electron chi connectivity index (χ4n) is 2.47. The van der Waals surface area contributed by atoms with Crippen LogP contribution in [0.1, 0.15) is 30.4 Å². The number of halogens is 1. The molecule has 0 saturated heterocycles. The minimum atomic E-state index is -0.423. The van der Waals surface area contributed by atoms with E-state index in [-0.39, 0.29) is 12.4 Å². The van der Waals surface area contributed by atoms with Crippen molar-refractivity contribution < 1.29 is 14.7 Å². The second-order valence-corrected chi connectivity index (χ2v) is 5.07. The molecule has 2 rings (SSSR count). The van der Waals surface area contributed by atoms with Crippen molar-refractivity contribution in [2.75, 3.05) is 13.2 Å². The van der Waals surface area contributed by atoms with Gasteiger partial charge in [-0.2, -0.15) is 0 Å². The van der Waals surface area contributed by atoms with Gasteiger partial charge in [0.15, 0.2) is 5.84 Å². The topological polar surface area (TPSA) is 82.1 Å². The maximum absolute atomic E-state index is 13.3. The second kappa shape index (κ2) is 6.67. The average molecular weight is 281 g/mol. The summed E-state index contributed by atoms with van der Waals surface area (Å²) in [6.45, 7) is 1.20. The minimum absolute atomic E-state index is 0.0800. The molecule has 1 fully saturated rings. The van der Waals surface area contributed by atoms with E-state index in [1.54, 1.807) is 6.07 Å². The van der Waals surface area contributed by atoms with Gasteiger partial charge in [0.2, 0.25) is 0 Å². The van der Waals surface area contributed by atoms with Gasteiger partial charge in [-0.3, -0.25) is 4.90 Å².